The van der Waals surface area contributed by atoms with E-state index in [1.165, 1.54) is 0 Å². The van der Waals surface area contributed by atoms with Crippen molar-refractivity contribution >= 4 is 60.4 Å². The fourth-order valence-electron chi connectivity index (χ4n) is 1.49. The second kappa shape index (κ2) is 5.82. The van der Waals surface area contributed by atoms with Crippen molar-refractivity contribution in [2.24, 2.45) is 5.73 Å². The Morgan fingerprint density at radius 1 is 1.00 bits per heavy atom. The van der Waals surface area contributed by atoms with Gasteiger partial charge in [-0.2, -0.15) is 0 Å². The first-order chi connectivity index (χ1) is 8.56. The third-order valence-corrected chi connectivity index (χ3v) is 3.77. The average Bonchev–Trinajstić information content (AvgIpc) is 2.32. The Hall–Kier alpha value is -0.910. The van der Waals surface area contributed by atoms with E-state index in [1.54, 1.807) is 0 Å². The van der Waals surface area contributed by atoms with Gasteiger partial charge in [-0.15, -0.1) is 0 Å². The molecule has 0 unspecified atom stereocenters. The second-order valence-corrected chi connectivity index (χ2v) is 5.90. The molecule has 0 saturated heterocycles. The third-order valence-electron chi connectivity index (χ3n) is 2.37. The van der Waals surface area contributed by atoms with Gasteiger partial charge in [-0.3, -0.25) is 0 Å². The molecule has 0 atom stereocenters. The minimum Gasteiger partial charge on any atom is -0.389 e. The van der Waals surface area contributed by atoms with Gasteiger partial charge in [-0.25, -0.2) is 0 Å². The van der Waals surface area contributed by atoms with Crippen molar-refractivity contribution in [2.75, 3.05) is 5.32 Å². The van der Waals surface area contributed by atoms with Gasteiger partial charge in [-0.05, 0) is 58.4 Å². The molecule has 18 heavy (non-hydrogen) atoms. The summed E-state index contributed by atoms with van der Waals surface area (Å²) < 4.78 is 1.94. The SMILES string of the molecule is NC(=S)c1ccc(Nc2ccc(Br)cc2)cc1Br. The lowest BCUT2D eigenvalue weighted by Gasteiger charge is -2.09. The zero-order valence-corrected chi connectivity index (χ0v) is 13.3. The van der Waals surface area contributed by atoms with Crippen LogP contribution >= 0.6 is 44.1 Å². The molecule has 0 aliphatic carbocycles. The van der Waals surface area contributed by atoms with Gasteiger partial charge < -0.3 is 11.1 Å². The number of rotatable bonds is 3. The number of halogens is 2. The third kappa shape index (κ3) is 3.31. The van der Waals surface area contributed by atoms with Crippen LogP contribution in [0.2, 0.25) is 0 Å². The van der Waals surface area contributed by atoms with Crippen LogP contribution in [-0.4, -0.2) is 4.99 Å². The number of nitrogens with two attached hydrogens (primary N) is 1. The van der Waals surface area contributed by atoms with Crippen LogP contribution in [0.4, 0.5) is 11.4 Å². The van der Waals surface area contributed by atoms with E-state index in [9.17, 15) is 0 Å². The Kier molecular flexibility index (Phi) is 4.37. The number of anilines is 2. The van der Waals surface area contributed by atoms with Crippen LogP contribution in [0.3, 0.4) is 0 Å². The van der Waals surface area contributed by atoms with Gasteiger partial charge in [-0.1, -0.05) is 28.1 Å². The normalized spacial score (nSPS) is 10.1. The van der Waals surface area contributed by atoms with Crippen molar-refractivity contribution in [1.29, 1.82) is 0 Å². The van der Waals surface area contributed by atoms with Gasteiger partial charge in [0.05, 0.1) is 0 Å². The molecule has 0 aliphatic rings. The summed E-state index contributed by atoms with van der Waals surface area (Å²) in [5, 5.41) is 3.30. The number of hydrogen-bond donors (Lipinski definition) is 2. The molecule has 0 heterocycles. The summed E-state index contributed by atoms with van der Waals surface area (Å²) in [4.78, 5) is 0.386. The molecule has 2 rings (SSSR count). The van der Waals surface area contributed by atoms with Crippen LogP contribution in [0.25, 0.3) is 0 Å². The second-order valence-electron chi connectivity index (χ2n) is 3.69. The zero-order valence-electron chi connectivity index (χ0n) is 9.28. The molecule has 3 N–H and O–H groups in total. The summed E-state index contributed by atoms with van der Waals surface area (Å²) in [5.74, 6) is 0. The maximum absolute atomic E-state index is 5.61. The molecular weight excluding hydrogens is 376 g/mol. The zero-order chi connectivity index (χ0) is 13.1. The van der Waals surface area contributed by atoms with Crippen molar-refractivity contribution < 1.29 is 0 Å². The number of nitrogens with one attached hydrogen (secondary N) is 1. The van der Waals surface area contributed by atoms with Crippen LogP contribution in [-0.2, 0) is 0 Å². The predicted octanol–water partition coefficient (Wildman–Crippen LogP) is 4.59. The Morgan fingerprint density at radius 3 is 2.17 bits per heavy atom. The van der Waals surface area contributed by atoms with Crippen molar-refractivity contribution in [2.45, 2.75) is 0 Å². The molecule has 2 nitrogen and oxygen atoms in total. The molecule has 2 aromatic rings. The van der Waals surface area contributed by atoms with Gasteiger partial charge in [0.1, 0.15) is 4.99 Å². The van der Waals surface area contributed by atoms with Crippen molar-refractivity contribution in [3.8, 4) is 0 Å². The lowest BCUT2D eigenvalue weighted by Crippen LogP contribution is -2.10. The van der Waals surface area contributed by atoms with Crippen LogP contribution in [0.1, 0.15) is 5.56 Å². The highest BCUT2D eigenvalue weighted by atomic mass is 79.9. The van der Waals surface area contributed by atoms with E-state index in [4.69, 9.17) is 18.0 Å². The summed E-state index contributed by atoms with van der Waals surface area (Å²) in [5.41, 5.74) is 8.45. The standard InChI is InChI=1S/C13H10Br2N2S/c14-8-1-3-9(4-2-8)17-10-5-6-11(13(16)18)12(15)7-10/h1-7,17H,(H2,16,18). The maximum atomic E-state index is 5.61. The number of hydrogen-bond acceptors (Lipinski definition) is 2. The molecule has 2 aromatic carbocycles. The Balaban J connectivity index is 2.22. The van der Waals surface area contributed by atoms with E-state index in [-0.39, 0.29) is 0 Å². The first-order valence-electron chi connectivity index (χ1n) is 5.18. The van der Waals surface area contributed by atoms with Crippen LogP contribution in [0, 0.1) is 0 Å². The van der Waals surface area contributed by atoms with E-state index in [0.717, 1.165) is 25.9 Å². The van der Waals surface area contributed by atoms with E-state index in [2.05, 4.69) is 37.2 Å². The van der Waals surface area contributed by atoms with Crippen LogP contribution in [0.5, 0.6) is 0 Å². The fraction of sp³-hybridized carbons (Fsp3) is 0. The summed E-state index contributed by atoms with van der Waals surface area (Å²) in [6.07, 6.45) is 0. The number of thiocarbonyl (C=S) groups is 1. The molecule has 0 aliphatic heterocycles. The summed E-state index contributed by atoms with van der Waals surface area (Å²) in [6.45, 7) is 0. The monoisotopic (exact) mass is 384 g/mol. The molecule has 0 fully saturated rings. The van der Waals surface area contributed by atoms with Gasteiger partial charge in [0.15, 0.2) is 0 Å². The Bertz CT molecular complexity index is 582. The Labute approximate surface area is 128 Å². The van der Waals surface area contributed by atoms with Gasteiger partial charge in [0.25, 0.3) is 0 Å². The highest BCUT2D eigenvalue weighted by Crippen LogP contribution is 2.24. The molecule has 5 heteroatoms. The Morgan fingerprint density at radius 2 is 1.61 bits per heavy atom. The topological polar surface area (TPSA) is 38.0 Å². The first-order valence-corrected chi connectivity index (χ1v) is 7.17. The summed E-state index contributed by atoms with van der Waals surface area (Å²) >= 11 is 11.8. The van der Waals surface area contributed by atoms with E-state index in [0.29, 0.717) is 4.99 Å². The highest BCUT2D eigenvalue weighted by Gasteiger charge is 2.04. The molecule has 0 spiro atoms. The van der Waals surface area contributed by atoms with Crippen LogP contribution in [0.15, 0.2) is 51.4 Å². The van der Waals surface area contributed by atoms with Crippen molar-refractivity contribution in [3.05, 3.63) is 57.0 Å². The minimum atomic E-state index is 0.386. The smallest absolute Gasteiger partial charge is 0.105 e. The minimum absolute atomic E-state index is 0.386. The van der Waals surface area contributed by atoms with Gasteiger partial charge in [0.2, 0.25) is 0 Å². The fourth-order valence-corrected chi connectivity index (χ4v) is 2.66. The summed E-state index contributed by atoms with van der Waals surface area (Å²) in [6, 6.07) is 13.8. The van der Waals surface area contributed by atoms with Gasteiger partial charge in [0, 0.05) is 25.9 Å². The first kappa shape index (κ1) is 13.5. The quantitative estimate of drug-likeness (QED) is 0.759. The van der Waals surface area contributed by atoms with Crippen molar-refractivity contribution in [3.63, 3.8) is 0 Å². The van der Waals surface area contributed by atoms with Crippen LogP contribution < -0.4 is 11.1 Å². The van der Waals surface area contributed by atoms with E-state index in [1.807, 2.05) is 42.5 Å². The molecule has 92 valence electrons. The molecule has 0 radical (unpaired) electrons. The molecular formula is C13H10Br2N2S. The highest BCUT2D eigenvalue weighted by molar-refractivity contribution is 9.10. The molecule has 0 saturated carbocycles. The van der Waals surface area contributed by atoms with Gasteiger partial charge >= 0.3 is 0 Å². The average molecular weight is 386 g/mol. The van der Waals surface area contributed by atoms with E-state index >= 15 is 0 Å². The molecule has 0 bridgehead atoms. The molecule has 0 aromatic heterocycles. The lowest BCUT2D eigenvalue weighted by molar-refractivity contribution is 1.50. The maximum Gasteiger partial charge on any atom is 0.105 e. The van der Waals surface area contributed by atoms with E-state index < -0.39 is 0 Å². The van der Waals surface area contributed by atoms with Crippen molar-refractivity contribution in [1.82, 2.24) is 0 Å². The summed E-state index contributed by atoms with van der Waals surface area (Å²) in [7, 11) is 0. The predicted molar refractivity (Wildman–Crippen MR) is 87.5 cm³/mol. The number of benzene rings is 2. The largest absolute Gasteiger partial charge is 0.389 e. The molecule has 0 amide bonds. The lowest BCUT2D eigenvalue weighted by atomic mass is 10.2.